The molecule has 0 amide bonds. The van der Waals surface area contributed by atoms with Gasteiger partial charge in [0.05, 0.1) is 12.2 Å². The van der Waals surface area contributed by atoms with Crippen molar-refractivity contribution in [3.63, 3.8) is 0 Å². The molecule has 0 aliphatic heterocycles. The van der Waals surface area contributed by atoms with Crippen molar-refractivity contribution >= 4 is 5.97 Å². The van der Waals surface area contributed by atoms with E-state index in [-0.39, 0.29) is 17.5 Å². The molecule has 0 radical (unpaired) electrons. The van der Waals surface area contributed by atoms with E-state index in [0.717, 1.165) is 0 Å². The zero-order valence-corrected chi connectivity index (χ0v) is 11.1. The molecule has 0 heterocycles. The highest BCUT2D eigenvalue weighted by molar-refractivity contribution is 5.75. The van der Waals surface area contributed by atoms with Crippen molar-refractivity contribution < 1.29 is 14.3 Å². The standard InChI is InChI=1S/C12H25NO3/c1-6-16-12(4,5)7-8-15-11(14)10(13)9(2)3/h9-10H,6-8,13H2,1-5H3. The minimum atomic E-state index is -0.532. The average molecular weight is 231 g/mol. The van der Waals surface area contributed by atoms with Crippen LogP contribution in [0.3, 0.4) is 0 Å². The molecule has 96 valence electrons. The van der Waals surface area contributed by atoms with Crippen LogP contribution in [0.2, 0.25) is 0 Å². The molecule has 0 rings (SSSR count). The van der Waals surface area contributed by atoms with E-state index in [1.54, 1.807) is 0 Å². The molecule has 0 spiro atoms. The molecule has 0 saturated carbocycles. The minimum Gasteiger partial charge on any atom is -0.464 e. The van der Waals surface area contributed by atoms with Crippen LogP contribution in [0.4, 0.5) is 0 Å². The van der Waals surface area contributed by atoms with Crippen molar-refractivity contribution in [2.24, 2.45) is 11.7 Å². The lowest BCUT2D eigenvalue weighted by Gasteiger charge is -2.24. The Kier molecular flexibility index (Phi) is 6.60. The molecule has 16 heavy (non-hydrogen) atoms. The van der Waals surface area contributed by atoms with Crippen LogP contribution in [0.25, 0.3) is 0 Å². The van der Waals surface area contributed by atoms with Crippen LogP contribution in [-0.2, 0) is 14.3 Å². The fraction of sp³-hybridized carbons (Fsp3) is 0.917. The van der Waals surface area contributed by atoms with E-state index in [1.807, 2.05) is 34.6 Å². The summed E-state index contributed by atoms with van der Waals surface area (Å²) < 4.78 is 10.6. The van der Waals surface area contributed by atoms with Crippen LogP contribution in [0.15, 0.2) is 0 Å². The third kappa shape index (κ3) is 6.08. The van der Waals surface area contributed by atoms with Gasteiger partial charge in [-0.3, -0.25) is 4.79 Å². The Labute approximate surface area is 98.5 Å². The summed E-state index contributed by atoms with van der Waals surface area (Å²) in [4.78, 5) is 11.4. The van der Waals surface area contributed by atoms with E-state index < -0.39 is 6.04 Å². The van der Waals surface area contributed by atoms with Crippen LogP contribution in [0.1, 0.15) is 41.0 Å². The molecule has 0 aliphatic rings. The number of nitrogens with two attached hydrogens (primary N) is 1. The van der Waals surface area contributed by atoms with Gasteiger partial charge >= 0.3 is 5.97 Å². The summed E-state index contributed by atoms with van der Waals surface area (Å²) in [7, 11) is 0. The summed E-state index contributed by atoms with van der Waals surface area (Å²) >= 11 is 0. The zero-order valence-electron chi connectivity index (χ0n) is 11.1. The first-order chi connectivity index (χ1) is 7.30. The van der Waals surface area contributed by atoms with Gasteiger partial charge in [-0.05, 0) is 26.7 Å². The first kappa shape index (κ1) is 15.4. The summed E-state index contributed by atoms with van der Waals surface area (Å²) in [5.74, 6) is -0.227. The van der Waals surface area contributed by atoms with Crippen LogP contribution in [0, 0.1) is 5.92 Å². The second-order valence-electron chi connectivity index (χ2n) is 4.88. The molecule has 4 nitrogen and oxygen atoms in total. The van der Waals surface area contributed by atoms with Crippen molar-refractivity contribution in [3.05, 3.63) is 0 Å². The Balaban J connectivity index is 3.86. The van der Waals surface area contributed by atoms with Gasteiger partial charge in [0.15, 0.2) is 0 Å². The van der Waals surface area contributed by atoms with Gasteiger partial charge in [0.2, 0.25) is 0 Å². The SMILES string of the molecule is CCOC(C)(C)CCOC(=O)C(N)C(C)C. The number of carbonyl (C=O) groups excluding carboxylic acids is 1. The number of carbonyl (C=O) groups is 1. The Bertz CT molecular complexity index is 214. The van der Waals surface area contributed by atoms with Crippen molar-refractivity contribution in [2.45, 2.75) is 52.7 Å². The predicted octanol–water partition coefficient (Wildman–Crippen LogP) is 1.72. The number of esters is 1. The lowest BCUT2D eigenvalue weighted by atomic mass is 10.1. The van der Waals surface area contributed by atoms with Crippen LogP contribution >= 0.6 is 0 Å². The highest BCUT2D eigenvalue weighted by Gasteiger charge is 2.21. The molecular formula is C12H25NO3. The lowest BCUT2D eigenvalue weighted by molar-refractivity contribution is -0.148. The highest BCUT2D eigenvalue weighted by Crippen LogP contribution is 2.14. The van der Waals surface area contributed by atoms with Gasteiger partial charge in [-0.25, -0.2) is 0 Å². The highest BCUT2D eigenvalue weighted by atomic mass is 16.5. The quantitative estimate of drug-likeness (QED) is 0.678. The minimum absolute atomic E-state index is 0.104. The van der Waals surface area contributed by atoms with Crippen molar-refractivity contribution in [3.8, 4) is 0 Å². The first-order valence-corrected chi connectivity index (χ1v) is 5.86. The second-order valence-corrected chi connectivity index (χ2v) is 4.88. The van der Waals surface area contributed by atoms with E-state index in [1.165, 1.54) is 0 Å². The van der Waals surface area contributed by atoms with Crippen molar-refractivity contribution in [2.75, 3.05) is 13.2 Å². The number of ether oxygens (including phenoxy) is 2. The van der Waals surface area contributed by atoms with Crippen molar-refractivity contribution in [1.29, 1.82) is 0 Å². The maximum Gasteiger partial charge on any atom is 0.323 e. The van der Waals surface area contributed by atoms with Gasteiger partial charge in [0, 0.05) is 13.0 Å². The second kappa shape index (κ2) is 6.86. The van der Waals surface area contributed by atoms with E-state index in [4.69, 9.17) is 15.2 Å². The molecule has 0 aromatic carbocycles. The third-order valence-electron chi connectivity index (χ3n) is 2.47. The Hall–Kier alpha value is -0.610. The Morgan fingerprint density at radius 3 is 2.38 bits per heavy atom. The summed E-state index contributed by atoms with van der Waals surface area (Å²) in [6.07, 6.45) is 0.678. The first-order valence-electron chi connectivity index (χ1n) is 5.86. The predicted molar refractivity (Wildman–Crippen MR) is 64.1 cm³/mol. The third-order valence-corrected chi connectivity index (χ3v) is 2.47. The van der Waals surface area contributed by atoms with E-state index >= 15 is 0 Å². The molecule has 0 aliphatic carbocycles. The molecule has 1 atom stereocenters. The number of rotatable bonds is 7. The van der Waals surface area contributed by atoms with Crippen LogP contribution < -0.4 is 5.73 Å². The Morgan fingerprint density at radius 1 is 1.38 bits per heavy atom. The zero-order chi connectivity index (χ0) is 12.8. The van der Waals surface area contributed by atoms with Gasteiger partial charge in [0.25, 0.3) is 0 Å². The fourth-order valence-electron chi connectivity index (χ4n) is 1.23. The largest absolute Gasteiger partial charge is 0.464 e. The summed E-state index contributed by atoms with van der Waals surface area (Å²) in [5.41, 5.74) is 5.41. The van der Waals surface area contributed by atoms with Gasteiger partial charge in [-0.1, -0.05) is 13.8 Å². The van der Waals surface area contributed by atoms with Crippen molar-refractivity contribution in [1.82, 2.24) is 0 Å². The summed E-state index contributed by atoms with van der Waals surface area (Å²) in [6.45, 7) is 10.7. The summed E-state index contributed by atoms with van der Waals surface area (Å²) in [6, 6.07) is -0.532. The average Bonchev–Trinajstić information content (AvgIpc) is 2.15. The Morgan fingerprint density at radius 2 is 1.94 bits per heavy atom. The molecule has 4 heteroatoms. The fourth-order valence-corrected chi connectivity index (χ4v) is 1.23. The molecule has 2 N–H and O–H groups in total. The van der Waals surface area contributed by atoms with E-state index in [9.17, 15) is 4.79 Å². The van der Waals surface area contributed by atoms with Gasteiger partial charge in [0.1, 0.15) is 6.04 Å². The molecule has 0 aromatic rings. The smallest absolute Gasteiger partial charge is 0.323 e. The van der Waals surface area contributed by atoms with Gasteiger partial charge in [-0.2, -0.15) is 0 Å². The molecule has 1 unspecified atom stereocenters. The van der Waals surface area contributed by atoms with E-state index in [0.29, 0.717) is 19.6 Å². The lowest BCUT2D eigenvalue weighted by Crippen LogP contribution is -2.38. The van der Waals surface area contributed by atoms with Crippen LogP contribution in [0.5, 0.6) is 0 Å². The molecule has 0 fully saturated rings. The summed E-state index contributed by atoms with van der Waals surface area (Å²) in [5, 5.41) is 0. The van der Waals surface area contributed by atoms with Crippen LogP contribution in [-0.4, -0.2) is 30.8 Å². The molecule has 0 aromatic heterocycles. The van der Waals surface area contributed by atoms with E-state index in [2.05, 4.69) is 0 Å². The number of hydrogen-bond acceptors (Lipinski definition) is 4. The normalized spacial score (nSPS) is 13.9. The molecule has 0 saturated heterocycles. The number of hydrogen-bond donors (Lipinski definition) is 1. The topological polar surface area (TPSA) is 61.5 Å². The maximum absolute atomic E-state index is 11.4. The monoisotopic (exact) mass is 231 g/mol. The maximum atomic E-state index is 11.4. The van der Waals surface area contributed by atoms with Gasteiger partial charge < -0.3 is 15.2 Å². The van der Waals surface area contributed by atoms with Gasteiger partial charge in [-0.15, -0.1) is 0 Å². The molecular weight excluding hydrogens is 206 g/mol. The molecule has 0 bridgehead atoms.